The van der Waals surface area contributed by atoms with Crippen molar-refractivity contribution in [3.05, 3.63) is 82.3 Å². The molecule has 0 radical (unpaired) electrons. The van der Waals surface area contributed by atoms with Gasteiger partial charge in [0.25, 0.3) is 0 Å². The standard InChI is InChI=1S/C25H26BrN3O4/c1-3-31-21-12-10-20(11-13-21)28-25(30)29-27-16-19-14-23(32-4-2)24(15-22(19)26)33-17-18-8-6-5-7-9-18/h5-16H,3-4,17H2,1-2H3,(H2,28,29,30)/b27-16-. The minimum atomic E-state index is -0.459. The molecule has 0 fully saturated rings. The minimum absolute atomic E-state index is 0.425. The Kier molecular flexibility index (Phi) is 9.14. The molecule has 0 spiro atoms. The number of nitrogens with zero attached hydrogens (tertiary/aromatic N) is 1. The van der Waals surface area contributed by atoms with Gasteiger partial charge >= 0.3 is 6.03 Å². The number of carbonyl (C=O) groups is 1. The smallest absolute Gasteiger partial charge is 0.339 e. The molecule has 0 unspecified atom stereocenters. The molecule has 172 valence electrons. The number of amides is 2. The van der Waals surface area contributed by atoms with Crippen molar-refractivity contribution >= 4 is 33.9 Å². The van der Waals surface area contributed by atoms with Crippen LogP contribution < -0.4 is 25.0 Å². The number of ether oxygens (including phenoxy) is 3. The molecule has 0 aromatic heterocycles. The summed E-state index contributed by atoms with van der Waals surface area (Å²) in [5.41, 5.74) is 4.87. The maximum atomic E-state index is 12.1. The number of benzene rings is 3. The van der Waals surface area contributed by atoms with Crippen LogP contribution >= 0.6 is 15.9 Å². The molecule has 0 aliphatic heterocycles. The molecule has 2 N–H and O–H groups in total. The Morgan fingerprint density at radius 1 is 0.939 bits per heavy atom. The molecule has 2 amide bonds. The SMILES string of the molecule is CCOc1ccc(NC(=O)N/N=C\c2cc(OCC)c(OCc3ccccc3)cc2Br)cc1. The quantitative estimate of drug-likeness (QED) is 0.259. The van der Waals surface area contributed by atoms with Gasteiger partial charge in [-0.25, -0.2) is 10.2 Å². The van der Waals surface area contributed by atoms with Crippen LogP contribution in [0.2, 0.25) is 0 Å². The summed E-state index contributed by atoms with van der Waals surface area (Å²) in [5, 5.41) is 6.74. The molecule has 0 saturated carbocycles. The van der Waals surface area contributed by atoms with Crippen molar-refractivity contribution in [2.24, 2.45) is 5.10 Å². The van der Waals surface area contributed by atoms with E-state index in [1.165, 1.54) is 6.21 Å². The van der Waals surface area contributed by atoms with Crippen LogP contribution in [0.1, 0.15) is 25.0 Å². The second-order valence-electron chi connectivity index (χ2n) is 6.81. The summed E-state index contributed by atoms with van der Waals surface area (Å²) in [6.45, 7) is 5.32. The van der Waals surface area contributed by atoms with Crippen LogP contribution in [0.5, 0.6) is 17.2 Å². The zero-order chi connectivity index (χ0) is 23.5. The third-order valence-corrected chi connectivity index (χ3v) is 5.08. The molecule has 3 rings (SSSR count). The fraction of sp³-hybridized carbons (Fsp3) is 0.200. The van der Waals surface area contributed by atoms with Gasteiger partial charge in [0.05, 0.1) is 19.4 Å². The van der Waals surface area contributed by atoms with E-state index in [4.69, 9.17) is 14.2 Å². The lowest BCUT2D eigenvalue weighted by Gasteiger charge is -2.14. The zero-order valence-corrected chi connectivity index (χ0v) is 20.1. The fourth-order valence-corrected chi connectivity index (χ4v) is 3.31. The van der Waals surface area contributed by atoms with Crippen molar-refractivity contribution in [1.82, 2.24) is 5.43 Å². The van der Waals surface area contributed by atoms with Crippen LogP contribution in [-0.4, -0.2) is 25.5 Å². The molecule has 0 atom stereocenters. The molecule has 0 aliphatic rings. The number of anilines is 1. The molecule has 3 aromatic carbocycles. The van der Waals surface area contributed by atoms with E-state index in [-0.39, 0.29) is 0 Å². The Morgan fingerprint density at radius 3 is 2.33 bits per heavy atom. The molecule has 8 heteroatoms. The van der Waals surface area contributed by atoms with Crippen molar-refractivity contribution in [1.29, 1.82) is 0 Å². The maximum Gasteiger partial charge on any atom is 0.339 e. The Hall–Kier alpha value is -3.52. The van der Waals surface area contributed by atoms with Gasteiger partial charge in [0.2, 0.25) is 0 Å². The molecule has 3 aromatic rings. The molecular formula is C25H26BrN3O4. The van der Waals surface area contributed by atoms with Gasteiger partial charge in [-0.2, -0.15) is 5.10 Å². The Balaban J connectivity index is 1.61. The second kappa shape index (κ2) is 12.5. The minimum Gasteiger partial charge on any atom is -0.494 e. The second-order valence-corrected chi connectivity index (χ2v) is 7.66. The highest BCUT2D eigenvalue weighted by atomic mass is 79.9. The van der Waals surface area contributed by atoms with Gasteiger partial charge in [0.1, 0.15) is 12.4 Å². The first kappa shape index (κ1) is 24.1. The van der Waals surface area contributed by atoms with Crippen molar-refractivity contribution < 1.29 is 19.0 Å². The number of rotatable bonds is 10. The first-order chi connectivity index (χ1) is 16.1. The van der Waals surface area contributed by atoms with Crippen molar-refractivity contribution in [3.63, 3.8) is 0 Å². The van der Waals surface area contributed by atoms with E-state index in [1.54, 1.807) is 24.3 Å². The monoisotopic (exact) mass is 511 g/mol. The Bertz CT molecular complexity index is 1070. The predicted octanol–water partition coefficient (Wildman–Crippen LogP) is 5.98. The number of carbonyl (C=O) groups excluding carboxylic acids is 1. The molecule has 0 bridgehead atoms. The third-order valence-electron chi connectivity index (χ3n) is 4.39. The summed E-state index contributed by atoms with van der Waals surface area (Å²) in [6.07, 6.45) is 1.53. The molecule has 0 heterocycles. The average molecular weight is 512 g/mol. The molecule has 33 heavy (non-hydrogen) atoms. The van der Waals surface area contributed by atoms with Gasteiger partial charge in [0.15, 0.2) is 11.5 Å². The van der Waals surface area contributed by atoms with Gasteiger partial charge in [-0.3, -0.25) is 0 Å². The Labute approximate surface area is 201 Å². The number of urea groups is 1. The van der Waals surface area contributed by atoms with E-state index < -0.39 is 6.03 Å². The highest BCUT2D eigenvalue weighted by Gasteiger charge is 2.11. The van der Waals surface area contributed by atoms with Crippen molar-refractivity contribution in [2.75, 3.05) is 18.5 Å². The summed E-state index contributed by atoms with van der Waals surface area (Å²) in [5.74, 6) is 1.95. The highest BCUT2D eigenvalue weighted by molar-refractivity contribution is 9.10. The third kappa shape index (κ3) is 7.54. The number of hydrogen-bond acceptors (Lipinski definition) is 5. The summed E-state index contributed by atoms with van der Waals surface area (Å²) in [7, 11) is 0. The van der Waals surface area contributed by atoms with Gasteiger partial charge in [-0.05, 0) is 71.7 Å². The summed E-state index contributed by atoms with van der Waals surface area (Å²) >= 11 is 3.53. The number of hydrazone groups is 1. The van der Waals surface area contributed by atoms with E-state index in [1.807, 2.05) is 56.3 Å². The van der Waals surface area contributed by atoms with Gasteiger partial charge in [-0.15, -0.1) is 0 Å². The maximum absolute atomic E-state index is 12.1. The van der Waals surface area contributed by atoms with Crippen molar-refractivity contribution in [2.45, 2.75) is 20.5 Å². The number of nitrogens with one attached hydrogen (secondary N) is 2. The number of hydrogen-bond donors (Lipinski definition) is 2. The van der Waals surface area contributed by atoms with Gasteiger partial charge in [-0.1, -0.05) is 30.3 Å². The zero-order valence-electron chi connectivity index (χ0n) is 18.5. The largest absolute Gasteiger partial charge is 0.494 e. The predicted molar refractivity (Wildman–Crippen MR) is 133 cm³/mol. The van der Waals surface area contributed by atoms with E-state index >= 15 is 0 Å². The fourth-order valence-electron chi connectivity index (χ4n) is 2.89. The van der Waals surface area contributed by atoms with Crippen LogP contribution in [0.15, 0.2) is 76.3 Å². The van der Waals surface area contributed by atoms with E-state index in [2.05, 4.69) is 31.8 Å². The van der Waals surface area contributed by atoms with E-state index in [0.717, 1.165) is 21.3 Å². The normalized spacial score (nSPS) is 10.6. The molecule has 7 nitrogen and oxygen atoms in total. The molecular weight excluding hydrogens is 486 g/mol. The van der Waals surface area contributed by atoms with Gasteiger partial charge < -0.3 is 19.5 Å². The van der Waals surface area contributed by atoms with Crippen LogP contribution in [0.3, 0.4) is 0 Å². The topological polar surface area (TPSA) is 81.2 Å². The summed E-state index contributed by atoms with van der Waals surface area (Å²) < 4.78 is 17.8. The lowest BCUT2D eigenvalue weighted by Crippen LogP contribution is -2.24. The Morgan fingerprint density at radius 2 is 1.64 bits per heavy atom. The van der Waals surface area contributed by atoms with Crippen LogP contribution in [0, 0.1) is 0 Å². The average Bonchev–Trinajstić information content (AvgIpc) is 2.82. The van der Waals surface area contributed by atoms with Gasteiger partial charge in [0, 0.05) is 15.7 Å². The highest BCUT2D eigenvalue weighted by Crippen LogP contribution is 2.33. The lowest BCUT2D eigenvalue weighted by molar-refractivity contribution is 0.252. The summed E-state index contributed by atoms with van der Waals surface area (Å²) in [6, 6.07) is 20.2. The molecule has 0 saturated heterocycles. The lowest BCUT2D eigenvalue weighted by atomic mass is 10.2. The van der Waals surface area contributed by atoms with E-state index in [9.17, 15) is 4.79 Å². The first-order valence-electron chi connectivity index (χ1n) is 10.5. The van der Waals surface area contributed by atoms with Crippen LogP contribution in [-0.2, 0) is 6.61 Å². The van der Waals surface area contributed by atoms with E-state index in [0.29, 0.717) is 37.0 Å². The molecule has 0 aliphatic carbocycles. The summed E-state index contributed by atoms with van der Waals surface area (Å²) in [4.78, 5) is 12.1. The van der Waals surface area contributed by atoms with Crippen molar-refractivity contribution in [3.8, 4) is 17.2 Å². The first-order valence-corrected chi connectivity index (χ1v) is 11.3. The van der Waals surface area contributed by atoms with Crippen LogP contribution in [0.25, 0.3) is 0 Å². The number of halogens is 1. The van der Waals surface area contributed by atoms with Crippen LogP contribution in [0.4, 0.5) is 10.5 Å².